The largest absolute Gasteiger partial charge is 0.312 e. The predicted molar refractivity (Wildman–Crippen MR) is 72.6 cm³/mol. The molecular formula is C13H16N4S. The number of rotatable bonds is 2. The summed E-state index contributed by atoms with van der Waals surface area (Å²) in [6, 6.07) is 7.18. The molecule has 4 nitrogen and oxygen atoms in total. The maximum absolute atomic E-state index is 4.31. The van der Waals surface area contributed by atoms with E-state index >= 15 is 0 Å². The lowest BCUT2D eigenvalue weighted by Gasteiger charge is -2.16. The van der Waals surface area contributed by atoms with Gasteiger partial charge in [-0.15, -0.1) is 0 Å². The van der Waals surface area contributed by atoms with Crippen molar-refractivity contribution in [3.05, 3.63) is 23.8 Å². The van der Waals surface area contributed by atoms with E-state index in [0.29, 0.717) is 0 Å². The number of aromatic nitrogens is 2. The summed E-state index contributed by atoms with van der Waals surface area (Å²) in [7, 11) is 0. The van der Waals surface area contributed by atoms with Crippen molar-refractivity contribution in [3.63, 3.8) is 0 Å². The summed E-state index contributed by atoms with van der Waals surface area (Å²) in [5, 5.41) is 3.60. The van der Waals surface area contributed by atoms with Gasteiger partial charge in [-0.3, -0.25) is 4.90 Å². The minimum absolute atomic E-state index is 0.731. The molecule has 0 saturated carbocycles. The Hall–Kier alpha value is -1.04. The maximum Gasteiger partial charge on any atom is 0.105 e. The third kappa shape index (κ3) is 1.83. The Labute approximate surface area is 110 Å². The molecule has 2 atom stereocenters. The van der Waals surface area contributed by atoms with Crippen molar-refractivity contribution in [1.29, 1.82) is 0 Å². The number of fused-ring (bicyclic) bond motifs is 2. The zero-order valence-corrected chi connectivity index (χ0v) is 11.0. The standard InChI is InChI=1S/C13H16N4S/c1-2-11-12(16-18-15-11)5-9(1)6-17-7-10-3-4-14-13(10)8-17/h1-2,5,10,13-14H,3-4,6-8H2/t10-,13+/m0/s1. The van der Waals surface area contributed by atoms with E-state index in [2.05, 4.69) is 37.2 Å². The molecule has 0 spiro atoms. The molecule has 4 rings (SSSR count). The van der Waals surface area contributed by atoms with Crippen molar-refractivity contribution in [2.45, 2.75) is 19.0 Å². The molecule has 2 saturated heterocycles. The predicted octanol–water partition coefficient (Wildman–Crippen LogP) is 1.48. The Kier molecular flexibility index (Phi) is 2.57. The van der Waals surface area contributed by atoms with Crippen LogP contribution in [0, 0.1) is 5.92 Å². The molecule has 2 aliphatic heterocycles. The maximum atomic E-state index is 4.31. The molecule has 2 aliphatic rings. The van der Waals surface area contributed by atoms with Gasteiger partial charge in [-0.1, -0.05) is 6.07 Å². The molecule has 94 valence electrons. The number of nitrogens with zero attached hydrogens (tertiary/aromatic N) is 3. The van der Waals surface area contributed by atoms with Gasteiger partial charge in [0.2, 0.25) is 0 Å². The molecule has 5 heteroatoms. The van der Waals surface area contributed by atoms with Crippen LogP contribution in [0.5, 0.6) is 0 Å². The third-order valence-corrected chi connectivity index (χ3v) is 4.72. The van der Waals surface area contributed by atoms with Crippen LogP contribution in [0.15, 0.2) is 18.2 Å². The second kappa shape index (κ2) is 4.26. The van der Waals surface area contributed by atoms with E-state index in [1.807, 2.05) is 0 Å². The van der Waals surface area contributed by atoms with Crippen molar-refractivity contribution in [1.82, 2.24) is 19.0 Å². The lowest BCUT2D eigenvalue weighted by Crippen LogP contribution is -2.29. The zero-order valence-electron chi connectivity index (χ0n) is 10.2. The molecule has 18 heavy (non-hydrogen) atoms. The van der Waals surface area contributed by atoms with Crippen LogP contribution in [-0.4, -0.2) is 39.3 Å². The van der Waals surface area contributed by atoms with Gasteiger partial charge in [-0.2, -0.15) is 8.75 Å². The Balaban J connectivity index is 1.51. The summed E-state index contributed by atoms with van der Waals surface area (Å²) in [5.41, 5.74) is 3.41. The Morgan fingerprint density at radius 1 is 1.28 bits per heavy atom. The van der Waals surface area contributed by atoms with Crippen LogP contribution in [-0.2, 0) is 6.54 Å². The van der Waals surface area contributed by atoms with Crippen molar-refractivity contribution >= 4 is 22.8 Å². The van der Waals surface area contributed by atoms with Gasteiger partial charge in [0.15, 0.2) is 0 Å². The zero-order chi connectivity index (χ0) is 11.9. The molecule has 0 radical (unpaired) electrons. The molecular weight excluding hydrogens is 244 g/mol. The molecule has 3 heterocycles. The highest BCUT2D eigenvalue weighted by atomic mass is 32.1. The van der Waals surface area contributed by atoms with Crippen molar-refractivity contribution in [2.24, 2.45) is 5.92 Å². The summed E-state index contributed by atoms with van der Waals surface area (Å²) in [6.07, 6.45) is 1.34. The Bertz CT molecular complexity index is 555. The molecule has 0 bridgehead atoms. The van der Waals surface area contributed by atoms with Crippen molar-refractivity contribution in [2.75, 3.05) is 19.6 Å². The number of hydrogen-bond donors (Lipinski definition) is 1. The molecule has 2 fully saturated rings. The Morgan fingerprint density at radius 2 is 2.22 bits per heavy atom. The summed E-state index contributed by atoms with van der Waals surface area (Å²) in [4.78, 5) is 2.56. The van der Waals surface area contributed by atoms with Gasteiger partial charge in [0, 0.05) is 25.7 Å². The highest BCUT2D eigenvalue weighted by Crippen LogP contribution is 2.26. The number of hydrogen-bond acceptors (Lipinski definition) is 5. The van der Waals surface area contributed by atoms with Crippen LogP contribution < -0.4 is 5.32 Å². The van der Waals surface area contributed by atoms with Gasteiger partial charge in [-0.05, 0) is 36.6 Å². The third-order valence-electron chi connectivity index (χ3n) is 4.16. The number of likely N-dealkylation sites (tertiary alicyclic amines) is 1. The minimum atomic E-state index is 0.731. The topological polar surface area (TPSA) is 41.1 Å². The first kappa shape index (κ1) is 10.8. The van der Waals surface area contributed by atoms with Crippen LogP contribution in [0.2, 0.25) is 0 Å². The first-order valence-corrected chi connectivity index (χ1v) is 7.28. The fourth-order valence-corrected chi connectivity index (χ4v) is 3.77. The second-order valence-corrected chi connectivity index (χ2v) is 5.92. The van der Waals surface area contributed by atoms with E-state index in [9.17, 15) is 0 Å². The first-order chi connectivity index (χ1) is 8.88. The van der Waals surface area contributed by atoms with Gasteiger partial charge in [0.25, 0.3) is 0 Å². The monoisotopic (exact) mass is 260 g/mol. The van der Waals surface area contributed by atoms with Gasteiger partial charge >= 0.3 is 0 Å². The van der Waals surface area contributed by atoms with Crippen molar-refractivity contribution in [3.8, 4) is 0 Å². The molecule has 0 aliphatic carbocycles. The van der Waals surface area contributed by atoms with Crippen molar-refractivity contribution < 1.29 is 0 Å². The number of nitrogens with one attached hydrogen (secondary N) is 1. The molecule has 1 N–H and O–H groups in total. The van der Waals surface area contributed by atoms with Crippen LogP contribution in [0.3, 0.4) is 0 Å². The lowest BCUT2D eigenvalue weighted by atomic mass is 10.1. The van der Waals surface area contributed by atoms with E-state index in [-0.39, 0.29) is 0 Å². The normalized spacial score (nSPS) is 28.0. The molecule has 1 aromatic carbocycles. The summed E-state index contributed by atoms with van der Waals surface area (Å²) < 4.78 is 8.56. The van der Waals surface area contributed by atoms with E-state index < -0.39 is 0 Å². The quantitative estimate of drug-likeness (QED) is 0.888. The van der Waals surface area contributed by atoms with Crippen LogP contribution in [0.25, 0.3) is 11.0 Å². The minimum Gasteiger partial charge on any atom is -0.312 e. The van der Waals surface area contributed by atoms with Crippen LogP contribution in [0.4, 0.5) is 0 Å². The van der Waals surface area contributed by atoms with Gasteiger partial charge in [0.1, 0.15) is 11.0 Å². The summed E-state index contributed by atoms with van der Waals surface area (Å²) >= 11 is 1.29. The molecule has 2 aromatic rings. The van der Waals surface area contributed by atoms with Gasteiger partial charge in [0.05, 0.1) is 11.7 Å². The van der Waals surface area contributed by atoms with E-state index in [4.69, 9.17) is 0 Å². The summed E-state index contributed by atoms with van der Waals surface area (Å²) in [5.74, 6) is 0.870. The molecule has 1 aromatic heterocycles. The highest BCUT2D eigenvalue weighted by Gasteiger charge is 2.35. The molecule has 0 amide bonds. The average molecular weight is 260 g/mol. The SMILES string of the molecule is c1cc2nsnc2cc1CN1C[C@@H]2CCN[C@@H]2C1. The lowest BCUT2D eigenvalue weighted by molar-refractivity contribution is 0.307. The smallest absolute Gasteiger partial charge is 0.105 e. The molecule has 0 unspecified atom stereocenters. The van der Waals surface area contributed by atoms with E-state index in [1.165, 1.54) is 43.3 Å². The Morgan fingerprint density at radius 3 is 3.17 bits per heavy atom. The first-order valence-electron chi connectivity index (χ1n) is 6.55. The number of benzene rings is 1. The van der Waals surface area contributed by atoms with E-state index in [1.54, 1.807) is 0 Å². The average Bonchev–Trinajstić information content (AvgIpc) is 3.02. The fraction of sp³-hybridized carbons (Fsp3) is 0.538. The van der Waals surface area contributed by atoms with Crippen LogP contribution >= 0.6 is 11.7 Å². The van der Waals surface area contributed by atoms with E-state index in [0.717, 1.165) is 29.5 Å². The van der Waals surface area contributed by atoms with Gasteiger partial charge in [-0.25, -0.2) is 0 Å². The fourth-order valence-electron chi connectivity index (χ4n) is 3.25. The second-order valence-electron chi connectivity index (χ2n) is 5.39. The summed E-state index contributed by atoms with van der Waals surface area (Å²) in [6.45, 7) is 4.69. The highest BCUT2D eigenvalue weighted by molar-refractivity contribution is 7.00. The van der Waals surface area contributed by atoms with Gasteiger partial charge < -0.3 is 5.32 Å². The van der Waals surface area contributed by atoms with Crippen LogP contribution in [0.1, 0.15) is 12.0 Å².